The van der Waals surface area contributed by atoms with Gasteiger partial charge in [-0.3, -0.25) is 19.3 Å². The van der Waals surface area contributed by atoms with E-state index < -0.39 is 33.8 Å². The van der Waals surface area contributed by atoms with E-state index in [2.05, 4.69) is 4.72 Å². The monoisotopic (exact) mass is 526 g/mol. The summed E-state index contributed by atoms with van der Waals surface area (Å²) in [7, 11) is -4.06. The molecule has 0 unspecified atom stereocenters. The van der Waals surface area contributed by atoms with Crippen LogP contribution >= 0.6 is 0 Å². The third kappa shape index (κ3) is 4.76. The molecule has 0 saturated carbocycles. The van der Waals surface area contributed by atoms with Gasteiger partial charge in [-0.2, -0.15) is 0 Å². The smallest absolute Gasteiger partial charge is 0.261 e. The van der Waals surface area contributed by atoms with Crippen LogP contribution in [0.1, 0.15) is 44.8 Å². The fraction of sp³-hybridized carbons (Fsp3) is 0.167. The summed E-state index contributed by atoms with van der Waals surface area (Å²) >= 11 is 0. The van der Waals surface area contributed by atoms with Crippen molar-refractivity contribution in [3.8, 4) is 0 Å². The number of carbonyl (C=O) groups excluding carboxylic acids is 3. The Morgan fingerprint density at radius 3 is 2.00 bits per heavy atom. The summed E-state index contributed by atoms with van der Waals surface area (Å²) in [6.45, 7) is 2.93. The van der Waals surface area contributed by atoms with Crippen molar-refractivity contribution in [2.45, 2.75) is 24.8 Å². The topological polar surface area (TPSA) is 101 Å². The normalized spacial score (nSPS) is 14.9. The number of Topliss-reactive ketones (excluding diaryl/α,β-unsaturated/α-hetero) is 1. The first-order valence-corrected chi connectivity index (χ1v) is 13.7. The molecule has 5 rings (SSSR count). The lowest BCUT2D eigenvalue weighted by Crippen LogP contribution is -2.44. The van der Waals surface area contributed by atoms with Gasteiger partial charge in [-0.05, 0) is 60.5 Å². The fourth-order valence-corrected chi connectivity index (χ4v) is 6.07. The van der Waals surface area contributed by atoms with Crippen LogP contribution < -0.4 is 4.72 Å². The second kappa shape index (κ2) is 9.96. The fourth-order valence-electron chi connectivity index (χ4n) is 4.81. The maximum Gasteiger partial charge on any atom is 0.261 e. The highest BCUT2D eigenvalue weighted by atomic mass is 32.2. The number of hydrogen-bond donors (Lipinski definition) is 1. The van der Waals surface area contributed by atoms with Gasteiger partial charge >= 0.3 is 0 Å². The molecule has 1 N–H and O–H groups in total. The van der Waals surface area contributed by atoms with Crippen molar-refractivity contribution in [2.75, 3.05) is 6.54 Å². The van der Waals surface area contributed by atoms with E-state index in [1.54, 1.807) is 42.5 Å². The number of amides is 2. The van der Waals surface area contributed by atoms with Gasteiger partial charge in [0, 0.05) is 6.54 Å². The number of sulfonamides is 1. The van der Waals surface area contributed by atoms with Crippen LogP contribution in [0.3, 0.4) is 0 Å². The molecule has 1 aliphatic rings. The molecule has 0 aliphatic carbocycles. The summed E-state index contributed by atoms with van der Waals surface area (Å²) < 4.78 is 29.7. The quantitative estimate of drug-likeness (QED) is 0.336. The first kappa shape index (κ1) is 25.5. The lowest BCUT2D eigenvalue weighted by molar-refractivity contribution is -0.121. The summed E-state index contributed by atoms with van der Waals surface area (Å²) in [5.74, 6) is -2.39. The van der Waals surface area contributed by atoms with E-state index in [-0.39, 0.29) is 28.4 Å². The predicted octanol–water partition coefficient (Wildman–Crippen LogP) is 4.67. The molecule has 1 heterocycles. The van der Waals surface area contributed by atoms with Crippen LogP contribution in [0.4, 0.5) is 0 Å². The van der Waals surface area contributed by atoms with Crippen molar-refractivity contribution in [1.29, 1.82) is 0 Å². The van der Waals surface area contributed by atoms with E-state index in [0.29, 0.717) is 5.56 Å². The van der Waals surface area contributed by atoms with Crippen LogP contribution in [0.5, 0.6) is 0 Å². The number of rotatable bonds is 8. The number of aryl methyl sites for hydroxylation is 1. The minimum absolute atomic E-state index is 0.0527. The minimum atomic E-state index is -4.06. The molecule has 8 heteroatoms. The van der Waals surface area contributed by atoms with Crippen LogP contribution in [0.15, 0.2) is 95.9 Å². The Morgan fingerprint density at radius 1 is 0.816 bits per heavy atom. The molecule has 4 aromatic rings. The number of nitrogens with one attached hydrogen (secondary N) is 1. The Morgan fingerprint density at radius 2 is 1.39 bits per heavy atom. The minimum Gasteiger partial charge on any atom is -0.300 e. The summed E-state index contributed by atoms with van der Waals surface area (Å²) in [5, 5.41) is 1.82. The van der Waals surface area contributed by atoms with Crippen molar-refractivity contribution >= 4 is 38.4 Å². The van der Waals surface area contributed by atoms with Crippen molar-refractivity contribution in [3.63, 3.8) is 0 Å². The third-order valence-electron chi connectivity index (χ3n) is 6.93. The molecule has 2 atom stereocenters. The molecule has 0 spiro atoms. The number of benzene rings is 4. The van der Waals surface area contributed by atoms with Gasteiger partial charge in [0.1, 0.15) is 5.78 Å². The van der Waals surface area contributed by atoms with Crippen LogP contribution in [-0.2, 0) is 14.8 Å². The first-order chi connectivity index (χ1) is 18.2. The maximum atomic E-state index is 13.5. The van der Waals surface area contributed by atoms with Crippen LogP contribution in [0.2, 0.25) is 0 Å². The number of fused-ring (bicyclic) bond motifs is 2. The zero-order valence-corrected chi connectivity index (χ0v) is 21.7. The highest BCUT2D eigenvalue weighted by Gasteiger charge is 2.40. The van der Waals surface area contributed by atoms with Gasteiger partial charge < -0.3 is 0 Å². The molecule has 1 aliphatic heterocycles. The highest BCUT2D eigenvalue weighted by Crippen LogP contribution is 2.32. The van der Waals surface area contributed by atoms with E-state index in [1.165, 1.54) is 19.1 Å². The molecule has 0 saturated heterocycles. The standard InChI is InChI=1S/C30H26N2O5S/c1-19-11-15-24(16-12-19)38(36,37)31-28(23-14-13-21-7-3-4-8-22(21)17-23)27(20(2)33)18-32-29(34)25-9-5-6-10-26(25)30(32)35/h3-17,27-28,31H,18H2,1-2H3/t27-,28+/m0/s1. The van der Waals surface area contributed by atoms with Gasteiger partial charge in [-0.1, -0.05) is 66.2 Å². The van der Waals surface area contributed by atoms with Crippen molar-refractivity contribution < 1.29 is 22.8 Å². The van der Waals surface area contributed by atoms with Crippen molar-refractivity contribution in [2.24, 2.45) is 5.92 Å². The Labute approximate surface area is 221 Å². The lowest BCUT2D eigenvalue weighted by Gasteiger charge is -2.29. The number of carbonyl (C=O) groups is 3. The van der Waals surface area contributed by atoms with E-state index in [9.17, 15) is 22.8 Å². The summed E-state index contributed by atoms with van der Waals surface area (Å²) in [4.78, 5) is 40.4. The Bertz CT molecular complexity index is 1640. The van der Waals surface area contributed by atoms with E-state index >= 15 is 0 Å². The average molecular weight is 527 g/mol. The van der Waals surface area contributed by atoms with Crippen molar-refractivity contribution in [1.82, 2.24) is 9.62 Å². The Kier molecular flexibility index (Phi) is 6.69. The second-order valence-electron chi connectivity index (χ2n) is 9.50. The molecule has 0 bridgehead atoms. The third-order valence-corrected chi connectivity index (χ3v) is 8.39. The van der Waals surface area contributed by atoms with E-state index in [1.807, 2.05) is 43.3 Å². The molecule has 192 valence electrons. The molecule has 2 amide bonds. The molecule has 38 heavy (non-hydrogen) atoms. The summed E-state index contributed by atoms with van der Waals surface area (Å²) in [6.07, 6.45) is 0. The van der Waals surface area contributed by atoms with Crippen LogP contribution in [0, 0.1) is 12.8 Å². The molecule has 0 radical (unpaired) electrons. The summed E-state index contributed by atoms with van der Waals surface area (Å²) in [6, 6.07) is 24.9. The van der Waals surface area contributed by atoms with Gasteiger partial charge in [0.25, 0.3) is 11.8 Å². The Balaban J connectivity index is 1.57. The highest BCUT2D eigenvalue weighted by molar-refractivity contribution is 7.89. The molecule has 0 fully saturated rings. The molecule has 4 aromatic carbocycles. The van der Waals surface area contributed by atoms with Crippen LogP contribution in [-0.4, -0.2) is 37.5 Å². The maximum absolute atomic E-state index is 13.5. The lowest BCUT2D eigenvalue weighted by atomic mass is 9.89. The number of hydrogen-bond acceptors (Lipinski definition) is 5. The summed E-state index contributed by atoms with van der Waals surface area (Å²) in [5.41, 5.74) is 1.99. The van der Waals surface area contributed by atoms with E-state index in [4.69, 9.17) is 0 Å². The van der Waals surface area contributed by atoms with Gasteiger partial charge in [-0.15, -0.1) is 0 Å². The SMILES string of the molecule is CC(=O)[C@H](CN1C(=O)c2ccccc2C1=O)[C@H](NS(=O)(=O)c1ccc(C)cc1)c1ccc2ccccc2c1. The zero-order chi connectivity index (χ0) is 27.0. The number of imide groups is 1. The average Bonchev–Trinajstić information content (AvgIpc) is 3.15. The van der Waals surface area contributed by atoms with Gasteiger partial charge in [0.15, 0.2) is 0 Å². The largest absolute Gasteiger partial charge is 0.300 e. The van der Waals surface area contributed by atoms with E-state index in [0.717, 1.165) is 21.2 Å². The van der Waals surface area contributed by atoms with Crippen LogP contribution in [0.25, 0.3) is 10.8 Å². The van der Waals surface area contributed by atoms with Gasteiger partial charge in [0.05, 0.1) is 28.0 Å². The number of nitrogens with zero attached hydrogens (tertiary/aromatic N) is 1. The molecule has 0 aromatic heterocycles. The molecular weight excluding hydrogens is 500 g/mol. The Hall–Kier alpha value is -4.14. The number of ketones is 1. The predicted molar refractivity (Wildman–Crippen MR) is 144 cm³/mol. The second-order valence-corrected chi connectivity index (χ2v) is 11.2. The zero-order valence-electron chi connectivity index (χ0n) is 20.9. The van der Waals surface area contributed by atoms with Gasteiger partial charge in [-0.25, -0.2) is 13.1 Å². The van der Waals surface area contributed by atoms with Crippen molar-refractivity contribution in [3.05, 3.63) is 113 Å². The molecule has 7 nitrogen and oxygen atoms in total. The first-order valence-electron chi connectivity index (χ1n) is 12.2. The molecular formula is C30H26N2O5S. The van der Waals surface area contributed by atoms with Gasteiger partial charge in [0.2, 0.25) is 10.0 Å².